The quantitative estimate of drug-likeness (QED) is 0.738. The third-order valence-corrected chi connectivity index (χ3v) is 3.72. The van der Waals surface area contributed by atoms with E-state index in [1.165, 1.54) is 12.1 Å². The molecule has 0 bridgehead atoms. The summed E-state index contributed by atoms with van der Waals surface area (Å²) in [5.41, 5.74) is 1.70. The number of methoxy groups -OCH3 is 2. The molecule has 0 fully saturated rings. The maximum absolute atomic E-state index is 12.8. The first-order chi connectivity index (χ1) is 11.6. The Morgan fingerprint density at radius 2 is 1.79 bits per heavy atom. The van der Waals surface area contributed by atoms with E-state index in [1.807, 2.05) is 0 Å². The van der Waals surface area contributed by atoms with E-state index in [2.05, 4.69) is 5.32 Å². The van der Waals surface area contributed by atoms with E-state index >= 15 is 0 Å². The van der Waals surface area contributed by atoms with Crippen LogP contribution in [-0.4, -0.2) is 20.1 Å². The Morgan fingerprint density at radius 1 is 1.04 bits per heavy atom. The lowest BCUT2D eigenvalue weighted by Gasteiger charge is -2.11. The lowest BCUT2D eigenvalue weighted by atomic mass is 10.1. The van der Waals surface area contributed by atoms with Crippen molar-refractivity contribution >= 4 is 11.6 Å². The molecule has 0 aliphatic rings. The van der Waals surface area contributed by atoms with Gasteiger partial charge in [-0.3, -0.25) is 4.79 Å². The molecule has 0 aromatic heterocycles. The van der Waals surface area contributed by atoms with Gasteiger partial charge in [-0.1, -0.05) is 12.1 Å². The van der Waals surface area contributed by atoms with Gasteiger partial charge in [0.2, 0.25) is 5.91 Å². The average Bonchev–Trinajstić information content (AvgIpc) is 2.60. The van der Waals surface area contributed by atoms with Crippen molar-refractivity contribution in [3.05, 3.63) is 53.8 Å². The number of halogens is 1. The third-order valence-electron chi connectivity index (χ3n) is 3.72. The number of ether oxygens (including phenoxy) is 2. The van der Waals surface area contributed by atoms with Crippen molar-refractivity contribution in [3.8, 4) is 11.5 Å². The molecule has 0 unspecified atom stereocenters. The SMILES string of the molecule is COc1ccc(NC(=O)CCCCc2ccc(F)cc2)c(OC)c1. The van der Waals surface area contributed by atoms with Gasteiger partial charge in [0.15, 0.2) is 0 Å². The number of benzene rings is 2. The molecule has 0 saturated carbocycles. The largest absolute Gasteiger partial charge is 0.497 e. The van der Waals surface area contributed by atoms with Gasteiger partial charge in [-0.2, -0.15) is 0 Å². The van der Waals surface area contributed by atoms with E-state index < -0.39 is 0 Å². The zero-order chi connectivity index (χ0) is 17.4. The Balaban J connectivity index is 1.78. The fourth-order valence-corrected chi connectivity index (χ4v) is 2.38. The summed E-state index contributed by atoms with van der Waals surface area (Å²) in [7, 11) is 3.13. The molecule has 0 saturated heterocycles. The molecule has 0 aliphatic heterocycles. The molecule has 4 nitrogen and oxygen atoms in total. The second-order valence-corrected chi connectivity index (χ2v) is 5.45. The monoisotopic (exact) mass is 331 g/mol. The fraction of sp³-hybridized carbons (Fsp3) is 0.316. The van der Waals surface area contributed by atoms with Crippen LogP contribution in [-0.2, 0) is 11.2 Å². The zero-order valence-corrected chi connectivity index (χ0v) is 14.0. The molecule has 2 aromatic rings. The number of carbonyl (C=O) groups is 1. The second kappa shape index (κ2) is 8.91. The molecule has 24 heavy (non-hydrogen) atoms. The van der Waals surface area contributed by atoms with Gasteiger partial charge in [-0.15, -0.1) is 0 Å². The number of amides is 1. The first-order valence-electron chi connectivity index (χ1n) is 7.88. The van der Waals surface area contributed by atoms with Crippen LogP contribution in [0, 0.1) is 5.82 Å². The Hall–Kier alpha value is -2.56. The number of nitrogens with one attached hydrogen (secondary N) is 1. The van der Waals surface area contributed by atoms with Gasteiger partial charge in [0.05, 0.1) is 19.9 Å². The van der Waals surface area contributed by atoms with Crippen LogP contribution in [0.3, 0.4) is 0 Å². The molecule has 5 heteroatoms. The van der Waals surface area contributed by atoms with Crippen LogP contribution in [0.2, 0.25) is 0 Å². The van der Waals surface area contributed by atoms with Crippen molar-refractivity contribution in [1.82, 2.24) is 0 Å². The van der Waals surface area contributed by atoms with Gasteiger partial charge >= 0.3 is 0 Å². The van der Waals surface area contributed by atoms with E-state index in [0.29, 0.717) is 23.6 Å². The van der Waals surface area contributed by atoms with Gasteiger partial charge < -0.3 is 14.8 Å². The Labute approximate surface area is 141 Å². The Bertz CT molecular complexity index is 671. The fourth-order valence-electron chi connectivity index (χ4n) is 2.38. The molecule has 2 rings (SSSR count). The standard InChI is InChI=1S/C19H22FNO3/c1-23-16-11-12-17(18(13-16)24-2)21-19(22)6-4-3-5-14-7-9-15(20)10-8-14/h7-13H,3-6H2,1-2H3,(H,21,22). The van der Waals surface area contributed by atoms with Gasteiger partial charge in [0.25, 0.3) is 0 Å². The summed E-state index contributed by atoms with van der Waals surface area (Å²) in [6.07, 6.45) is 2.90. The molecule has 0 atom stereocenters. The summed E-state index contributed by atoms with van der Waals surface area (Å²) >= 11 is 0. The van der Waals surface area contributed by atoms with E-state index in [1.54, 1.807) is 44.6 Å². The highest BCUT2D eigenvalue weighted by Gasteiger charge is 2.08. The third kappa shape index (κ3) is 5.26. The molecule has 0 spiro atoms. The Kier molecular flexibility index (Phi) is 6.61. The van der Waals surface area contributed by atoms with Crippen molar-refractivity contribution < 1.29 is 18.7 Å². The number of carbonyl (C=O) groups excluding carboxylic acids is 1. The maximum atomic E-state index is 12.8. The molecular formula is C19H22FNO3. The molecule has 1 N–H and O–H groups in total. The molecule has 1 amide bonds. The number of aryl methyl sites for hydroxylation is 1. The van der Waals surface area contributed by atoms with Gasteiger partial charge in [-0.05, 0) is 49.1 Å². The zero-order valence-electron chi connectivity index (χ0n) is 14.0. The molecule has 0 heterocycles. The van der Waals surface area contributed by atoms with E-state index in [9.17, 15) is 9.18 Å². The van der Waals surface area contributed by atoms with Crippen LogP contribution in [0.15, 0.2) is 42.5 Å². The number of hydrogen-bond acceptors (Lipinski definition) is 3. The summed E-state index contributed by atoms with van der Waals surface area (Å²) in [5.74, 6) is 0.947. The summed E-state index contributed by atoms with van der Waals surface area (Å²) in [4.78, 5) is 12.0. The van der Waals surface area contributed by atoms with Crippen molar-refractivity contribution in [3.63, 3.8) is 0 Å². The minimum atomic E-state index is -0.230. The predicted molar refractivity (Wildman–Crippen MR) is 92.1 cm³/mol. The average molecular weight is 331 g/mol. The van der Waals surface area contributed by atoms with E-state index in [-0.39, 0.29) is 11.7 Å². The van der Waals surface area contributed by atoms with E-state index in [0.717, 1.165) is 24.8 Å². The first-order valence-corrected chi connectivity index (χ1v) is 7.88. The summed E-state index contributed by atoms with van der Waals surface area (Å²) < 4.78 is 23.2. The highest BCUT2D eigenvalue weighted by molar-refractivity contribution is 5.92. The minimum absolute atomic E-state index is 0.0578. The lowest BCUT2D eigenvalue weighted by molar-refractivity contribution is -0.116. The van der Waals surface area contributed by atoms with Crippen LogP contribution in [0.5, 0.6) is 11.5 Å². The molecule has 0 radical (unpaired) electrons. The van der Waals surface area contributed by atoms with Crippen LogP contribution < -0.4 is 14.8 Å². The topological polar surface area (TPSA) is 47.6 Å². The summed E-state index contributed by atoms with van der Waals surface area (Å²) in [5, 5.41) is 2.85. The summed E-state index contributed by atoms with van der Waals surface area (Å²) in [6, 6.07) is 11.7. The van der Waals surface area contributed by atoms with Crippen molar-refractivity contribution in [2.75, 3.05) is 19.5 Å². The van der Waals surface area contributed by atoms with Crippen LogP contribution in [0.25, 0.3) is 0 Å². The number of anilines is 1. The van der Waals surface area contributed by atoms with Gasteiger partial charge in [-0.25, -0.2) is 4.39 Å². The van der Waals surface area contributed by atoms with Crippen LogP contribution >= 0.6 is 0 Å². The number of hydrogen-bond donors (Lipinski definition) is 1. The number of rotatable bonds is 8. The number of unbranched alkanes of at least 4 members (excludes halogenated alkanes) is 1. The Morgan fingerprint density at radius 3 is 2.46 bits per heavy atom. The van der Waals surface area contributed by atoms with Crippen molar-refractivity contribution in [1.29, 1.82) is 0 Å². The second-order valence-electron chi connectivity index (χ2n) is 5.45. The van der Waals surface area contributed by atoms with Crippen molar-refractivity contribution in [2.45, 2.75) is 25.7 Å². The predicted octanol–water partition coefficient (Wildman–Crippen LogP) is 4.19. The first kappa shape index (κ1) is 17.8. The highest BCUT2D eigenvalue weighted by Crippen LogP contribution is 2.29. The highest BCUT2D eigenvalue weighted by atomic mass is 19.1. The van der Waals surface area contributed by atoms with Crippen molar-refractivity contribution in [2.24, 2.45) is 0 Å². The molecule has 2 aromatic carbocycles. The summed E-state index contributed by atoms with van der Waals surface area (Å²) in [6.45, 7) is 0. The minimum Gasteiger partial charge on any atom is -0.497 e. The molecule has 0 aliphatic carbocycles. The molecular weight excluding hydrogens is 309 g/mol. The van der Waals surface area contributed by atoms with Gasteiger partial charge in [0, 0.05) is 12.5 Å². The van der Waals surface area contributed by atoms with Gasteiger partial charge in [0.1, 0.15) is 17.3 Å². The van der Waals surface area contributed by atoms with E-state index in [4.69, 9.17) is 9.47 Å². The smallest absolute Gasteiger partial charge is 0.224 e. The normalized spacial score (nSPS) is 10.3. The van der Waals surface area contributed by atoms with Crippen LogP contribution in [0.1, 0.15) is 24.8 Å². The lowest BCUT2D eigenvalue weighted by Crippen LogP contribution is -2.12. The van der Waals surface area contributed by atoms with Crippen LogP contribution in [0.4, 0.5) is 10.1 Å². The maximum Gasteiger partial charge on any atom is 0.224 e. The molecule has 128 valence electrons.